The zero-order chi connectivity index (χ0) is 19.4. The number of anilines is 1. The molecule has 1 heterocycles. The van der Waals surface area contributed by atoms with Crippen LogP contribution in [0.3, 0.4) is 0 Å². The Morgan fingerprint density at radius 1 is 1.15 bits per heavy atom. The van der Waals surface area contributed by atoms with Crippen LogP contribution in [0, 0.1) is 6.92 Å². The molecule has 26 heavy (non-hydrogen) atoms. The summed E-state index contributed by atoms with van der Waals surface area (Å²) in [6.07, 6.45) is 3.43. The monoisotopic (exact) mass is 376 g/mol. The molecule has 0 saturated heterocycles. The van der Waals surface area contributed by atoms with Crippen molar-refractivity contribution in [3.63, 3.8) is 0 Å². The van der Waals surface area contributed by atoms with Crippen molar-refractivity contribution in [2.24, 2.45) is 0 Å². The van der Waals surface area contributed by atoms with Gasteiger partial charge in [0.15, 0.2) is 0 Å². The molecule has 2 aromatic rings. The predicted octanol–water partition coefficient (Wildman–Crippen LogP) is 4.67. The lowest BCUT2D eigenvalue weighted by molar-refractivity contribution is 0.301. The standard InChI is InChI=1S/C20H28N2O3S/c1-6-7-12-25-17-9-8-16(20(3,4)5)14-18(17)26(23,24)22-19-13-15(2)10-11-21-19/h8-11,13-14H,6-7,12H2,1-5H3,(H,21,22). The number of pyridine rings is 1. The number of aromatic nitrogens is 1. The first kappa shape index (κ1) is 20.2. The van der Waals surface area contributed by atoms with Crippen LogP contribution in [0.15, 0.2) is 41.4 Å². The van der Waals surface area contributed by atoms with Crippen LogP contribution >= 0.6 is 0 Å². The van der Waals surface area contributed by atoms with E-state index in [1.54, 1.807) is 24.4 Å². The normalized spacial score (nSPS) is 12.0. The molecular formula is C20H28N2O3S. The Labute approximate surface area is 156 Å². The second kappa shape index (κ2) is 8.08. The molecule has 2 rings (SSSR count). The van der Waals surface area contributed by atoms with E-state index in [0.717, 1.165) is 24.0 Å². The quantitative estimate of drug-likeness (QED) is 0.713. The fourth-order valence-electron chi connectivity index (χ4n) is 2.41. The summed E-state index contributed by atoms with van der Waals surface area (Å²) in [7, 11) is -3.82. The zero-order valence-corrected chi connectivity index (χ0v) is 17.0. The Morgan fingerprint density at radius 3 is 2.50 bits per heavy atom. The number of rotatable bonds is 7. The van der Waals surface area contributed by atoms with Gasteiger partial charge < -0.3 is 4.74 Å². The molecule has 6 heteroatoms. The van der Waals surface area contributed by atoms with Crippen LogP contribution in [0.1, 0.15) is 51.7 Å². The van der Waals surface area contributed by atoms with Gasteiger partial charge in [0.25, 0.3) is 10.0 Å². The molecule has 0 unspecified atom stereocenters. The molecule has 1 aromatic carbocycles. The molecule has 0 saturated carbocycles. The van der Waals surface area contributed by atoms with Crippen molar-refractivity contribution in [2.75, 3.05) is 11.3 Å². The first-order valence-corrected chi connectivity index (χ1v) is 10.3. The van der Waals surface area contributed by atoms with Gasteiger partial charge in [-0.05, 0) is 54.2 Å². The van der Waals surface area contributed by atoms with E-state index in [2.05, 4.69) is 16.6 Å². The Hall–Kier alpha value is -2.08. The molecule has 0 aliphatic rings. The van der Waals surface area contributed by atoms with E-state index in [1.807, 2.05) is 39.8 Å². The van der Waals surface area contributed by atoms with Gasteiger partial charge in [0.05, 0.1) is 6.61 Å². The van der Waals surface area contributed by atoms with Gasteiger partial charge in [-0.25, -0.2) is 13.4 Å². The molecule has 0 aliphatic heterocycles. The number of sulfonamides is 1. The van der Waals surface area contributed by atoms with Gasteiger partial charge in [-0.3, -0.25) is 4.72 Å². The number of aryl methyl sites for hydroxylation is 1. The average Bonchev–Trinajstić information content (AvgIpc) is 2.54. The van der Waals surface area contributed by atoms with Crippen molar-refractivity contribution in [3.8, 4) is 5.75 Å². The molecule has 1 N–H and O–H groups in total. The molecule has 142 valence electrons. The average molecular weight is 377 g/mol. The third-order valence-corrected chi connectivity index (χ3v) is 5.39. The fraction of sp³-hybridized carbons (Fsp3) is 0.450. The van der Waals surface area contributed by atoms with Crippen LogP contribution in [0.5, 0.6) is 5.75 Å². The van der Waals surface area contributed by atoms with Crippen molar-refractivity contribution in [2.45, 2.75) is 57.8 Å². The van der Waals surface area contributed by atoms with E-state index in [0.29, 0.717) is 18.2 Å². The summed E-state index contributed by atoms with van der Waals surface area (Å²) < 4.78 is 34.3. The highest BCUT2D eigenvalue weighted by Crippen LogP contribution is 2.32. The molecular weight excluding hydrogens is 348 g/mol. The number of hydrogen-bond donors (Lipinski definition) is 1. The molecule has 0 amide bonds. The maximum Gasteiger partial charge on any atom is 0.266 e. The maximum absolute atomic E-state index is 13.0. The topological polar surface area (TPSA) is 68.3 Å². The molecule has 0 atom stereocenters. The minimum absolute atomic E-state index is 0.143. The molecule has 0 fully saturated rings. The first-order valence-electron chi connectivity index (χ1n) is 8.86. The van der Waals surface area contributed by atoms with Gasteiger partial charge in [-0.15, -0.1) is 0 Å². The van der Waals surface area contributed by atoms with Crippen LogP contribution in [0.25, 0.3) is 0 Å². The predicted molar refractivity (Wildman–Crippen MR) is 105 cm³/mol. The lowest BCUT2D eigenvalue weighted by Crippen LogP contribution is -2.18. The summed E-state index contributed by atoms with van der Waals surface area (Å²) in [5.41, 5.74) is 1.69. The fourth-order valence-corrected chi connectivity index (χ4v) is 3.59. The SMILES string of the molecule is CCCCOc1ccc(C(C)(C)C)cc1S(=O)(=O)Nc1cc(C)ccn1. The minimum atomic E-state index is -3.82. The lowest BCUT2D eigenvalue weighted by Gasteiger charge is -2.21. The van der Waals surface area contributed by atoms with Gasteiger partial charge in [0.2, 0.25) is 0 Å². The summed E-state index contributed by atoms with van der Waals surface area (Å²) >= 11 is 0. The van der Waals surface area contributed by atoms with Gasteiger partial charge >= 0.3 is 0 Å². The third-order valence-electron chi connectivity index (χ3n) is 4.01. The summed E-state index contributed by atoms with van der Waals surface area (Å²) in [6, 6.07) is 8.87. The largest absolute Gasteiger partial charge is 0.492 e. The van der Waals surface area contributed by atoms with Crippen LogP contribution in [-0.4, -0.2) is 20.0 Å². The van der Waals surface area contributed by atoms with Crippen molar-refractivity contribution in [3.05, 3.63) is 47.7 Å². The highest BCUT2D eigenvalue weighted by atomic mass is 32.2. The maximum atomic E-state index is 13.0. The second-order valence-electron chi connectivity index (χ2n) is 7.44. The second-order valence-corrected chi connectivity index (χ2v) is 9.09. The van der Waals surface area contributed by atoms with Crippen LogP contribution in [0.2, 0.25) is 0 Å². The summed E-state index contributed by atoms with van der Waals surface area (Å²) in [4.78, 5) is 4.24. The van der Waals surface area contributed by atoms with E-state index in [-0.39, 0.29) is 10.3 Å². The first-order chi connectivity index (χ1) is 12.1. The molecule has 1 aromatic heterocycles. The van der Waals surface area contributed by atoms with Crippen LogP contribution in [-0.2, 0) is 15.4 Å². The van der Waals surface area contributed by atoms with E-state index in [1.165, 1.54) is 0 Å². The van der Waals surface area contributed by atoms with Gasteiger partial charge in [0.1, 0.15) is 16.5 Å². The third kappa shape index (κ3) is 5.21. The number of ether oxygens (including phenoxy) is 1. The van der Waals surface area contributed by atoms with E-state index < -0.39 is 10.0 Å². The van der Waals surface area contributed by atoms with E-state index >= 15 is 0 Å². The highest BCUT2D eigenvalue weighted by molar-refractivity contribution is 7.92. The van der Waals surface area contributed by atoms with Crippen molar-refractivity contribution in [1.29, 1.82) is 0 Å². The Kier molecular flexibility index (Phi) is 6.29. The summed E-state index contributed by atoms with van der Waals surface area (Å²) in [6.45, 7) is 10.6. The smallest absolute Gasteiger partial charge is 0.266 e. The van der Waals surface area contributed by atoms with E-state index in [4.69, 9.17) is 4.74 Å². The molecule has 0 spiro atoms. The number of benzene rings is 1. The van der Waals surface area contributed by atoms with Gasteiger partial charge in [-0.2, -0.15) is 0 Å². The van der Waals surface area contributed by atoms with Crippen molar-refractivity contribution in [1.82, 2.24) is 4.98 Å². The Morgan fingerprint density at radius 2 is 1.88 bits per heavy atom. The number of hydrogen-bond acceptors (Lipinski definition) is 4. The number of unbranched alkanes of at least 4 members (excludes halogenated alkanes) is 1. The zero-order valence-electron chi connectivity index (χ0n) is 16.2. The molecule has 5 nitrogen and oxygen atoms in total. The van der Waals surface area contributed by atoms with Crippen molar-refractivity contribution >= 4 is 15.8 Å². The Balaban J connectivity index is 2.44. The van der Waals surface area contributed by atoms with Crippen LogP contribution < -0.4 is 9.46 Å². The van der Waals surface area contributed by atoms with Gasteiger partial charge in [0, 0.05) is 6.20 Å². The minimum Gasteiger partial charge on any atom is -0.492 e. The van der Waals surface area contributed by atoms with Gasteiger partial charge in [-0.1, -0.05) is 40.2 Å². The number of nitrogens with zero attached hydrogens (tertiary/aromatic N) is 1. The Bertz CT molecular complexity index is 856. The summed E-state index contributed by atoms with van der Waals surface area (Å²) in [5.74, 6) is 0.664. The highest BCUT2D eigenvalue weighted by Gasteiger charge is 2.24. The van der Waals surface area contributed by atoms with Crippen LogP contribution in [0.4, 0.5) is 5.82 Å². The van der Waals surface area contributed by atoms with E-state index in [9.17, 15) is 8.42 Å². The summed E-state index contributed by atoms with van der Waals surface area (Å²) in [5, 5.41) is 0. The number of nitrogens with one attached hydrogen (secondary N) is 1. The van der Waals surface area contributed by atoms with Crippen molar-refractivity contribution < 1.29 is 13.2 Å². The molecule has 0 aliphatic carbocycles. The lowest BCUT2D eigenvalue weighted by atomic mass is 9.87. The molecule has 0 radical (unpaired) electrons. The molecule has 0 bridgehead atoms.